The summed E-state index contributed by atoms with van der Waals surface area (Å²) in [5.74, 6) is 1.79. The van der Waals surface area contributed by atoms with Gasteiger partial charge in [-0.15, -0.1) is 0 Å². The Kier molecular flexibility index (Phi) is 33.0. The lowest BCUT2D eigenvalue weighted by molar-refractivity contribution is 0.422. The van der Waals surface area contributed by atoms with Crippen LogP contribution in [0, 0.1) is 6.92 Å². The minimum absolute atomic E-state index is 0.185. The van der Waals surface area contributed by atoms with Crippen molar-refractivity contribution >= 4 is 0 Å². The van der Waals surface area contributed by atoms with Crippen molar-refractivity contribution in [3.05, 3.63) is 144 Å². The molecule has 0 saturated carbocycles. The van der Waals surface area contributed by atoms with E-state index in [4.69, 9.17) is 35.7 Å². The van der Waals surface area contributed by atoms with Gasteiger partial charge in [-0.3, -0.25) is 0 Å². The molecule has 0 spiro atoms. The molecule has 0 atom stereocenters. The van der Waals surface area contributed by atoms with Gasteiger partial charge in [0.15, 0.2) is 0 Å². The van der Waals surface area contributed by atoms with Crippen LogP contribution in [0.4, 0.5) is 0 Å². The molecule has 0 fully saturated rings. The lowest BCUT2D eigenvalue weighted by Gasteiger charge is -1.96. The predicted molar refractivity (Wildman–Crippen MR) is 191 cm³/mol. The van der Waals surface area contributed by atoms with Crippen LogP contribution in [0.25, 0.3) is 0 Å². The molecule has 0 saturated heterocycles. The molecular weight excluding hydrogens is 556 g/mol. The third-order valence-corrected chi connectivity index (χ3v) is 4.73. The second kappa shape index (κ2) is 29.7. The van der Waals surface area contributed by atoms with Gasteiger partial charge >= 0.3 is 0 Å². The normalized spacial score (nSPS) is 11.0. The van der Waals surface area contributed by atoms with Crippen LogP contribution in [0.1, 0.15) is 74.8 Å². The van der Waals surface area contributed by atoms with Crippen LogP contribution >= 0.6 is 0 Å². The molecule has 0 radical (unpaired) electrons. The first-order valence-electron chi connectivity index (χ1n) is 13.7. The molecular formula is C37H58O7. The average Bonchev–Trinajstić information content (AvgIpc) is 2.98. The molecule has 1 rings (SSSR count). The number of allylic oxidation sites excluding steroid dienone is 10. The maximum Gasteiger partial charge on any atom is 0.118 e. The minimum atomic E-state index is 0.185. The smallest absolute Gasteiger partial charge is 0.118 e. The molecule has 248 valence electrons. The molecule has 0 aliphatic rings. The summed E-state index contributed by atoms with van der Waals surface area (Å²) < 4.78 is 0. The van der Waals surface area contributed by atoms with E-state index in [0.29, 0.717) is 33.4 Å². The van der Waals surface area contributed by atoms with Crippen LogP contribution < -0.4 is 0 Å². The van der Waals surface area contributed by atoms with Crippen molar-refractivity contribution in [2.24, 2.45) is 0 Å². The van der Waals surface area contributed by atoms with E-state index < -0.39 is 0 Å². The molecule has 0 aromatic heterocycles. The quantitative estimate of drug-likeness (QED) is 0.0993. The Morgan fingerprint density at radius 3 is 0.773 bits per heavy atom. The van der Waals surface area contributed by atoms with Crippen molar-refractivity contribution in [2.75, 3.05) is 0 Å². The highest BCUT2D eigenvalue weighted by atomic mass is 16.3. The molecule has 7 nitrogen and oxygen atoms in total. The van der Waals surface area contributed by atoms with E-state index >= 15 is 0 Å². The summed E-state index contributed by atoms with van der Waals surface area (Å²) in [6.45, 7) is 36.9. The molecule has 1 aromatic carbocycles. The van der Waals surface area contributed by atoms with Gasteiger partial charge in [-0.05, 0) is 158 Å². The molecule has 44 heavy (non-hydrogen) atoms. The lowest BCUT2D eigenvalue weighted by atomic mass is 10.2. The second-order valence-electron chi connectivity index (χ2n) is 9.24. The molecule has 0 aliphatic heterocycles. The van der Waals surface area contributed by atoms with E-state index in [-0.39, 0.29) is 40.3 Å². The van der Waals surface area contributed by atoms with Crippen LogP contribution in [0.3, 0.4) is 0 Å². The number of phenolic OH excluding ortho intramolecular Hbond substituents is 2. The fourth-order valence-corrected chi connectivity index (χ4v) is 1.87. The topological polar surface area (TPSA) is 142 Å². The van der Waals surface area contributed by atoms with Gasteiger partial charge in [0.25, 0.3) is 0 Å². The Hall–Kier alpha value is -4.78. The highest BCUT2D eigenvalue weighted by molar-refractivity contribution is 5.37. The maximum atomic E-state index is 8.93. The fraction of sp³-hybridized carbons (Fsp3) is 0.297. The summed E-state index contributed by atoms with van der Waals surface area (Å²) in [7, 11) is 0. The lowest BCUT2D eigenvalue weighted by Crippen LogP contribution is -1.76. The van der Waals surface area contributed by atoms with Crippen molar-refractivity contribution in [1.82, 2.24) is 0 Å². The van der Waals surface area contributed by atoms with Crippen molar-refractivity contribution in [3.63, 3.8) is 0 Å². The van der Waals surface area contributed by atoms with Crippen molar-refractivity contribution < 1.29 is 35.7 Å². The number of aromatic hydroxyl groups is 2. The Bertz CT molecular complexity index is 1040. The third kappa shape index (κ3) is 33.4. The zero-order valence-corrected chi connectivity index (χ0v) is 28.8. The van der Waals surface area contributed by atoms with E-state index in [9.17, 15) is 0 Å². The van der Waals surface area contributed by atoms with Gasteiger partial charge in [-0.1, -0.05) is 32.9 Å². The number of aliphatic hydroxyl groups excluding tert-OH is 5. The van der Waals surface area contributed by atoms with E-state index in [0.717, 1.165) is 0 Å². The van der Waals surface area contributed by atoms with Crippen LogP contribution in [-0.2, 0) is 0 Å². The van der Waals surface area contributed by atoms with Crippen molar-refractivity contribution in [2.45, 2.75) is 76.2 Å². The SMILES string of the molecule is C=C(C)/C(O)=C\C.C=C(C)/C(O)=C\C.C=C(C)/C(O)=C\C.C=C(C)/C(O)=C\C.C=C(C)/C(O)=C\C.Cc1cc(O)ccc1O. The van der Waals surface area contributed by atoms with Gasteiger partial charge in [0.2, 0.25) is 0 Å². The number of rotatable bonds is 5. The monoisotopic (exact) mass is 614 g/mol. The second-order valence-corrected chi connectivity index (χ2v) is 9.24. The van der Waals surface area contributed by atoms with Crippen LogP contribution in [-0.4, -0.2) is 35.7 Å². The molecule has 1 aromatic rings. The first-order valence-corrected chi connectivity index (χ1v) is 13.7. The van der Waals surface area contributed by atoms with Gasteiger partial charge in [-0.25, -0.2) is 0 Å². The van der Waals surface area contributed by atoms with Crippen LogP contribution in [0.5, 0.6) is 11.5 Å². The Morgan fingerprint density at radius 2 is 0.682 bits per heavy atom. The molecule has 0 unspecified atom stereocenters. The third-order valence-electron chi connectivity index (χ3n) is 4.73. The van der Waals surface area contributed by atoms with E-state index in [1.54, 1.807) is 107 Å². The van der Waals surface area contributed by atoms with E-state index in [1.165, 1.54) is 18.2 Å². The summed E-state index contributed by atoms with van der Waals surface area (Å²) in [6.07, 6.45) is 8.07. The number of aliphatic hydroxyl groups is 5. The molecule has 7 heteroatoms. The Balaban J connectivity index is -0.000000139. The highest BCUT2D eigenvalue weighted by Gasteiger charge is 1.93. The molecule has 7 N–H and O–H groups in total. The largest absolute Gasteiger partial charge is 0.508 e. The van der Waals surface area contributed by atoms with Gasteiger partial charge in [0.05, 0.1) is 0 Å². The standard InChI is InChI=1S/C7H8O2.5C6H10O/c1-5-4-6(8)2-3-7(5)9;5*1-4-6(7)5(2)3/h2-4,8-9H,1H3;5*4,7H,2H2,1,3H3/b;5*6-4+. The predicted octanol–water partition coefficient (Wildman–Crippen LogP) is 11.5. The summed E-state index contributed by atoms with van der Waals surface area (Å²) in [6, 6.07) is 4.42. The Morgan fingerprint density at radius 1 is 0.477 bits per heavy atom. The highest BCUT2D eigenvalue weighted by Crippen LogP contribution is 2.20. The summed E-state index contributed by atoms with van der Waals surface area (Å²) in [5.41, 5.74) is 4.24. The average molecular weight is 615 g/mol. The maximum absolute atomic E-state index is 8.93. The van der Waals surface area contributed by atoms with E-state index in [1.807, 2.05) is 0 Å². The van der Waals surface area contributed by atoms with Crippen molar-refractivity contribution in [1.29, 1.82) is 0 Å². The van der Waals surface area contributed by atoms with Gasteiger partial charge in [-0.2, -0.15) is 0 Å². The zero-order chi connectivity index (χ0) is 36.2. The van der Waals surface area contributed by atoms with Gasteiger partial charge < -0.3 is 35.7 Å². The first-order chi connectivity index (χ1) is 20.1. The molecule has 0 heterocycles. The zero-order valence-electron chi connectivity index (χ0n) is 28.8. The summed E-state index contributed by atoms with van der Waals surface area (Å²) in [5, 5.41) is 61.2. The molecule has 0 amide bonds. The van der Waals surface area contributed by atoms with Crippen molar-refractivity contribution in [3.8, 4) is 11.5 Å². The number of hydrogen-bond donors (Lipinski definition) is 7. The van der Waals surface area contributed by atoms with E-state index in [2.05, 4.69) is 32.9 Å². The Labute approximate surface area is 266 Å². The van der Waals surface area contributed by atoms with Gasteiger partial charge in [0, 0.05) is 0 Å². The summed E-state index contributed by atoms with van der Waals surface area (Å²) >= 11 is 0. The number of benzene rings is 1. The number of aryl methyl sites for hydroxylation is 1. The number of phenols is 2. The minimum Gasteiger partial charge on any atom is -0.508 e. The van der Waals surface area contributed by atoms with Gasteiger partial charge in [0.1, 0.15) is 40.3 Å². The van der Waals surface area contributed by atoms with Crippen LogP contribution in [0.2, 0.25) is 0 Å². The summed E-state index contributed by atoms with van der Waals surface area (Å²) in [4.78, 5) is 0. The molecule has 0 aliphatic carbocycles. The first kappa shape index (κ1) is 48.9. The number of hydrogen-bond acceptors (Lipinski definition) is 7. The fourth-order valence-electron chi connectivity index (χ4n) is 1.87. The molecule has 0 bridgehead atoms. The van der Waals surface area contributed by atoms with Crippen LogP contribution in [0.15, 0.2) is 138 Å².